The van der Waals surface area contributed by atoms with Crippen molar-refractivity contribution in [3.63, 3.8) is 0 Å². The molecule has 0 bridgehead atoms. The van der Waals surface area contributed by atoms with Crippen LogP contribution < -0.4 is 10.7 Å². The fraction of sp³-hybridized carbons (Fsp3) is 0.522. The van der Waals surface area contributed by atoms with Crippen LogP contribution in [0.5, 0.6) is 0 Å². The summed E-state index contributed by atoms with van der Waals surface area (Å²) < 4.78 is 0. The molecule has 2 aliphatic heterocycles. The second-order valence-corrected chi connectivity index (χ2v) is 8.47. The Morgan fingerprint density at radius 1 is 1.33 bits per heavy atom. The number of rotatable bonds is 6. The lowest BCUT2D eigenvalue weighted by Gasteiger charge is -2.35. The highest BCUT2D eigenvalue weighted by atomic mass is 32.1. The number of aromatic nitrogens is 1. The van der Waals surface area contributed by atoms with Gasteiger partial charge in [0.1, 0.15) is 5.69 Å². The van der Waals surface area contributed by atoms with Crippen LogP contribution in [0.25, 0.3) is 0 Å². The van der Waals surface area contributed by atoms with Gasteiger partial charge in [-0.25, -0.2) is 0 Å². The number of allylic oxidation sites excluding steroid dienone is 3. The minimum Gasteiger partial charge on any atom is -0.383 e. The highest BCUT2D eigenvalue weighted by molar-refractivity contribution is 7.80. The Bertz CT molecular complexity index is 806. The molecule has 1 fully saturated rings. The number of hydrogen-bond acceptors (Lipinski definition) is 5. The number of thiocarbonyl (C=S) groups is 1. The maximum absolute atomic E-state index is 5.59. The zero-order valence-corrected chi connectivity index (χ0v) is 19.2. The molecule has 0 unspecified atom stereocenters. The van der Waals surface area contributed by atoms with E-state index in [1.165, 1.54) is 5.57 Å². The molecule has 30 heavy (non-hydrogen) atoms. The maximum atomic E-state index is 5.59. The van der Waals surface area contributed by atoms with Crippen LogP contribution in [-0.2, 0) is 0 Å². The van der Waals surface area contributed by atoms with Gasteiger partial charge in [-0.05, 0) is 36.7 Å². The van der Waals surface area contributed by atoms with Crippen LogP contribution in [0.4, 0.5) is 5.69 Å². The molecule has 3 heterocycles. The SMILES string of the molecule is CCC(/C=C\CN1CCN(C(=S)N/N=C2/CCNc3cccnc32)CC1)=C/C(C)C. The number of hydrogen-bond donors (Lipinski definition) is 2. The Kier molecular flexibility index (Phi) is 8.39. The number of piperazine rings is 1. The molecule has 1 saturated heterocycles. The lowest BCUT2D eigenvalue weighted by Crippen LogP contribution is -2.51. The predicted octanol–water partition coefficient (Wildman–Crippen LogP) is 3.64. The topological polar surface area (TPSA) is 55.8 Å². The normalized spacial score (nSPS) is 19.3. The number of fused-ring (bicyclic) bond motifs is 1. The predicted molar refractivity (Wildman–Crippen MR) is 130 cm³/mol. The summed E-state index contributed by atoms with van der Waals surface area (Å²) in [4.78, 5) is 9.13. The molecule has 2 aliphatic rings. The van der Waals surface area contributed by atoms with Gasteiger partial charge in [-0.2, -0.15) is 5.10 Å². The molecule has 7 heteroatoms. The van der Waals surface area contributed by atoms with Crippen molar-refractivity contribution in [3.8, 4) is 0 Å². The monoisotopic (exact) mass is 426 g/mol. The van der Waals surface area contributed by atoms with Crippen LogP contribution in [0.2, 0.25) is 0 Å². The first-order valence-electron chi connectivity index (χ1n) is 11.0. The van der Waals surface area contributed by atoms with E-state index < -0.39 is 0 Å². The lowest BCUT2D eigenvalue weighted by molar-refractivity contribution is 0.197. The minimum absolute atomic E-state index is 0.597. The van der Waals surface area contributed by atoms with E-state index in [1.54, 1.807) is 6.20 Å². The molecule has 162 valence electrons. The van der Waals surface area contributed by atoms with Crippen molar-refractivity contribution in [2.24, 2.45) is 11.0 Å². The fourth-order valence-electron chi connectivity index (χ4n) is 3.71. The van der Waals surface area contributed by atoms with Gasteiger partial charge >= 0.3 is 0 Å². The first kappa shape index (κ1) is 22.4. The molecule has 0 radical (unpaired) electrons. The molecule has 1 aromatic rings. The Morgan fingerprint density at radius 2 is 2.13 bits per heavy atom. The summed E-state index contributed by atoms with van der Waals surface area (Å²) in [5.41, 5.74) is 7.42. The van der Waals surface area contributed by atoms with E-state index in [1.807, 2.05) is 12.1 Å². The van der Waals surface area contributed by atoms with E-state index >= 15 is 0 Å². The van der Waals surface area contributed by atoms with Crippen molar-refractivity contribution in [2.45, 2.75) is 33.6 Å². The van der Waals surface area contributed by atoms with Crippen molar-refractivity contribution in [1.82, 2.24) is 20.2 Å². The van der Waals surface area contributed by atoms with E-state index in [2.05, 4.69) is 69.6 Å². The minimum atomic E-state index is 0.597. The second-order valence-electron chi connectivity index (χ2n) is 8.08. The molecule has 2 N–H and O–H groups in total. The third-order valence-corrected chi connectivity index (χ3v) is 5.71. The summed E-state index contributed by atoms with van der Waals surface area (Å²) in [7, 11) is 0. The molecular formula is C23H34N6S. The number of anilines is 1. The first-order chi connectivity index (χ1) is 14.6. The standard InChI is InChI=1S/C23H34N6S/c1-4-19(17-18(2)3)7-6-12-28-13-15-29(16-14-28)23(30)27-26-21-9-11-24-20-8-5-10-25-22(20)21/h5-8,10,17-18,24H,4,9,11-16H2,1-3H3,(H,27,30)/b7-6-,19-17-,26-21-. The molecule has 0 aliphatic carbocycles. The van der Waals surface area contributed by atoms with Gasteiger partial charge in [0.05, 0.1) is 11.4 Å². The van der Waals surface area contributed by atoms with E-state index in [9.17, 15) is 0 Å². The maximum Gasteiger partial charge on any atom is 0.189 e. The van der Waals surface area contributed by atoms with Crippen LogP contribution in [0.1, 0.15) is 39.3 Å². The summed E-state index contributed by atoms with van der Waals surface area (Å²) in [6.07, 6.45) is 10.6. The molecule has 0 aromatic carbocycles. The van der Waals surface area contributed by atoms with Gasteiger partial charge in [-0.15, -0.1) is 0 Å². The summed E-state index contributed by atoms with van der Waals surface area (Å²) in [6, 6.07) is 3.97. The molecule has 0 saturated carbocycles. The third-order valence-electron chi connectivity index (χ3n) is 5.36. The van der Waals surface area contributed by atoms with Gasteiger partial charge in [0.15, 0.2) is 5.11 Å². The van der Waals surface area contributed by atoms with Crippen molar-refractivity contribution in [1.29, 1.82) is 0 Å². The summed E-state index contributed by atoms with van der Waals surface area (Å²) >= 11 is 5.59. The number of nitrogens with one attached hydrogen (secondary N) is 2. The molecule has 0 spiro atoms. The van der Waals surface area contributed by atoms with Crippen LogP contribution in [0, 0.1) is 5.92 Å². The van der Waals surface area contributed by atoms with Gasteiger partial charge in [-0.3, -0.25) is 15.3 Å². The number of hydrazone groups is 1. The zero-order valence-electron chi connectivity index (χ0n) is 18.4. The smallest absolute Gasteiger partial charge is 0.189 e. The fourth-order valence-corrected chi connectivity index (χ4v) is 3.94. The highest BCUT2D eigenvalue weighted by Gasteiger charge is 2.19. The van der Waals surface area contributed by atoms with Crippen molar-refractivity contribution in [3.05, 3.63) is 47.8 Å². The van der Waals surface area contributed by atoms with Crippen LogP contribution in [-0.4, -0.2) is 64.9 Å². The number of nitrogens with zero attached hydrogens (tertiary/aromatic N) is 4. The van der Waals surface area contributed by atoms with Crippen LogP contribution in [0.3, 0.4) is 0 Å². The van der Waals surface area contributed by atoms with Gasteiger partial charge in [0, 0.05) is 51.9 Å². The van der Waals surface area contributed by atoms with Gasteiger partial charge < -0.3 is 10.2 Å². The van der Waals surface area contributed by atoms with Crippen LogP contribution >= 0.6 is 12.2 Å². The molecule has 3 rings (SSSR count). The largest absolute Gasteiger partial charge is 0.383 e. The highest BCUT2D eigenvalue weighted by Crippen LogP contribution is 2.19. The molecule has 6 nitrogen and oxygen atoms in total. The Labute approximate surface area is 186 Å². The van der Waals surface area contributed by atoms with Crippen LogP contribution in [0.15, 0.2) is 47.2 Å². The molecule has 0 atom stereocenters. The quantitative estimate of drug-likeness (QED) is 0.411. The Morgan fingerprint density at radius 3 is 2.87 bits per heavy atom. The lowest BCUT2D eigenvalue weighted by atomic mass is 10.1. The average Bonchev–Trinajstić information content (AvgIpc) is 2.77. The van der Waals surface area contributed by atoms with Crippen molar-refractivity contribution >= 4 is 28.7 Å². The summed E-state index contributed by atoms with van der Waals surface area (Å²) in [5, 5.41) is 8.62. The van der Waals surface area contributed by atoms with Crippen molar-refractivity contribution in [2.75, 3.05) is 44.6 Å². The number of pyridine rings is 1. The van der Waals surface area contributed by atoms with Gasteiger partial charge in [0.2, 0.25) is 0 Å². The van der Waals surface area contributed by atoms with E-state index in [4.69, 9.17) is 12.2 Å². The van der Waals surface area contributed by atoms with E-state index in [0.29, 0.717) is 11.0 Å². The Hall–Kier alpha value is -2.25. The average molecular weight is 427 g/mol. The van der Waals surface area contributed by atoms with Crippen molar-refractivity contribution < 1.29 is 0 Å². The van der Waals surface area contributed by atoms with E-state index in [0.717, 1.165) is 69.2 Å². The third kappa shape index (κ3) is 6.37. The summed E-state index contributed by atoms with van der Waals surface area (Å²) in [6.45, 7) is 12.4. The summed E-state index contributed by atoms with van der Waals surface area (Å²) in [5.74, 6) is 0.597. The van der Waals surface area contributed by atoms with Gasteiger partial charge in [0.25, 0.3) is 0 Å². The molecule has 0 amide bonds. The molecular weight excluding hydrogens is 392 g/mol. The second kappa shape index (κ2) is 11.2. The van der Waals surface area contributed by atoms with E-state index in [-0.39, 0.29) is 0 Å². The zero-order chi connectivity index (χ0) is 21.3. The van der Waals surface area contributed by atoms with Gasteiger partial charge in [-0.1, -0.05) is 44.6 Å². The Balaban J connectivity index is 1.46. The first-order valence-corrected chi connectivity index (χ1v) is 11.4. The molecule has 1 aromatic heterocycles.